The fourth-order valence-corrected chi connectivity index (χ4v) is 2.44. The van der Waals surface area contributed by atoms with E-state index in [1.807, 2.05) is 49.9 Å². The minimum absolute atomic E-state index is 0.0567. The Morgan fingerprint density at radius 1 is 1.33 bits per heavy atom. The van der Waals surface area contributed by atoms with Gasteiger partial charge in [0, 0.05) is 25.9 Å². The van der Waals surface area contributed by atoms with Gasteiger partial charge < -0.3 is 9.88 Å². The van der Waals surface area contributed by atoms with Gasteiger partial charge >= 0.3 is 0 Å². The van der Waals surface area contributed by atoms with Crippen LogP contribution in [0.3, 0.4) is 0 Å². The number of nitrogens with zero attached hydrogens (tertiary/aromatic N) is 2. The van der Waals surface area contributed by atoms with Crippen LogP contribution >= 0.6 is 0 Å². The first-order chi connectivity index (χ1) is 9.99. The van der Waals surface area contributed by atoms with Gasteiger partial charge in [-0.05, 0) is 24.0 Å². The van der Waals surface area contributed by atoms with Gasteiger partial charge in [0.1, 0.15) is 11.9 Å². The van der Waals surface area contributed by atoms with Gasteiger partial charge in [0.2, 0.25) is 5.91 Å². The lowest BCUT2D eigenvalue weighted by Crippen LogP contribution is -2.32. The van der Waals surface area contributed by atoms with Gasteiger partial charge in [-0.2, -0.15) is 0 Å². The van der Waals surface area contributed by atoms with Gasteiger partial charge in [-0.25, -0.2) is 4.98 Å². The van der Waals surface area contributed by atoms with E-state index in [2.05, 4.69) is 23.3 Å². The van der Waals surface area contributed by atoms with Crippen molar-refractivity contribution in [2.24, 2.45) is 13.0 Å². The molecule has 0 aliphatic carbocycles. The number of amides is 1. The van der Waals surface area contributed by atoms with Crippen LogP contribution in [0.4, 0.5) is 0 Å². The van der Waals surface area contributed by atoms with Crippen LogP contribution in [0.15, 0.2) is 36.7 Å². The van der Waals surface area contributed by atoms with Crippen LogP contribution in [0.1, 0.15) is 43.3 Å². The van der Waals surface area contributed by atoms with Gasteiger partial charge in [-0.3, -0.25) is 4.79 Å². The average Bonchev–Trinajstić information content (AvgIpc) is 2.82. The van der Waals surface area contributed by atoms with E-state index in [9.17, 15) is 4.79 Å². The fraction of sp³-hybridized carbons (Fsp3) is 0.412. The van der Waals surface area contributed by atoms with Crippen molar-refractivity contribution in [3.8, 4) is 0 Å². The summed E-state index contributed by atoms with van der Waals surface area (Å²) in [5, 5.41) is 3.13. The maximum absolute atomic E-state index is 12.2. The minimum Gasteiger partial charge on any atom is -0.342 e. The van der Waals surface area contributed by atoms with Crippen molar-refractivity contribution < 1.29 is 4.79 Å². The molecular formula is C17H23N3O. The average molecular weight is 285 g/mol. The van der Waals surface area contributed by atoms with Gasteiger partial charge in [-0.15, -0.1) is 0 Å². The molecule has 0 saturated carbocycles. The molecule has 1 heterocycles. The van der Waals surface area contributed by atoms with E-state index in [1.54, 1.807) is 6.20 Å². The molecule has 0 spiro atoms. The highest BCUT2D eigenvalue weighted by Crippen LogP contribution is 2.23. The van der Waals surface area contributed by atoms with Crippen molar-refractivity contribution in [2.75, 3.05) is 0 Å². The van der Waals surface area contributed by atoms with Gasteiger partial charge in [0.05, 0.1) is 0 Å². The number of aryl methyl sites for hydroxylation is 2. The standard InChI is InChI=1S/C17H23N3O/c1-12(2)11-15(21)19-16(17-18-9-10-20(17)4)14-8-6-5-7-13(14)3/h5-10,12,16H,11H2,1-4H3,(H,19,21). The number of benzene rings is 1. The second-order valence-electron chi connectivity index (χ2n) is 5.85. The molecule has 1 atom stereocenters. The number of carbonyl (C=O) groups is 1. The number of rotatable bonds is 5. The molecule has 0 aliphatic heterocycles. The Balaban J connectivity index is 2.34. The molecule has 4 nitrogen and oxygen atoms in total. The Morgan fingerprint density at radius 2 is 2.05 bits per heavy atom. The van der Waals surface area contributed by atoms with E-state index >= 15 is 0 Å². The van der Waals surface area contributed by atoms with Crippen molar-refractivity contribution in [2.45, 2.75) is 33.2 Å². The number of imidazole rings is 1. The van der Waals surface area contributed by atoms with E-state index in [0.29, 0.717) is 12.3 Å². The third kappa shape index (κ3) is 3.72. The molecule has 0 saturated heterocycles. The highest BCUT2D eigenvalue weighted by molar-refractivity contribution is 5.77. The zero-order valence-corrected chi connectivity index (χ0v) is 13.1. The number of nitrogens with one attached hydrogen (secondary N) is 1. The van der Waals surface area contributed by atoms with Crippen molar-refractivity contribution in [3.63, 3.8) is 0 Å². The van der Waals surface area contributed by atoms with Crippen LogP contribution in [-0.2, 0) is 11.8 Å². The second kappa shape index (κ2) is 6.57. The summed E-state index contributed by atoms with van der Waals surface area (Å²) < 4.78 is 1.95. The summed E-state index contributed by atoms with van der Waals surface area (Å²) in [7, 11) is 1.95. The predicted molar refractivity (Wildman–Crippen MR) is 83.8 cm³/mol. The first kappa shape index (κ1) is 15.3. The fourth-order valence-electron chi connectivity index (χ4n) is 2.44. The maximum atomic E-state index is 12.2. The van der Waals surface area contributed by atoms with E-state index in [-0.39, 0.29) is 11.9 Å². The van der Waals surface area contributed by atoms with Crippen LogP contribution in [0.5, 0.6) is 0 Å². The quantitative estimate of drug-likeness (QED) is 0.918. The number of carbonyl (C=O) groups excluding carboxylic acids is 1. The van der Waals surface area contributed by atoms with Crippen LogP contribution in [-0.4, -0.2) is 15.5 Å². The molecule has 2 aromatic rings. The third-order valence-electron chi connectivity index (χ3n) is 3.52. The predicted octanol–water partition coefficient (Wildman–Crippen LogP) is 2.98. The Morgan fingerprint density at radius 3 is 2.62 bits per heavy atom. The van der Waals surface area contributed by atoms with Gasteiger partial charge in [-0.1, -0.05) is 38.1 Å². The molecular weight excluding hydrogens is 262 g/mol. The lowest BCUT2D eigenvalue weighted by molar-refractivity contribution is -0.122. The lowest BCUT2D eigenvalue weighted by atomic mass is 10.00. The third-order valence-corrected chi connectivity index (χ3v) is 3.52. The van der Waals surface area contributed by atoms with Gasteiger partial charge in [0.15, 0.2) is 0 Å². The molecule has 1 aromatic carbocycles. The summed E-state index contributed by atoms with van der Waals surface area (Å²) in [5.41, 5.74) is 2.24. The minimum atomic E-state index is -0.211. The Kier molecular flexibility index (Phi) is 4.78. The second-order valence-corrected chi connectivity index (χ2v) is 5.85. The Bertz CT molecular complexity index is 616. The highest BCUT2D eigenvalue weighted by atomic mass is 16.1. The van der Waals surface area contributed by atoms with E-state index in [1.165, 1.54) is 0 Å². The van der Waals surface area contributed by atoms with Crippen LogP contribution in [0.25, 0.3) is 0 Å². The molecule has 2 rings (SSSR count). The van der Waals surface area contributed by atoms with E-state index in [0.717, 1.165) is 17.0 Å². The first-order valence-electron chi connectivity index (χ1n) is 7.31. The van der Waals surface area contributed by atoms with Crippen molar-refractivity contribution in [3.05, 3.63) is 53.6 Å². The summed E-state index contributed by atoms with van der Waals surface area (Å²) in [6.07, 6.45) is 4.18. The molecule has 4 heteroatoms. The zero-order valence-electron chi connectivity index (χ0n) is 13.1. The Hall–Kier alpha value is -2.10. The molecule has 21 heavy (non-hydrogen) atoms. The van der Waals surface area contributed by atoms with Gasteiger partial charge in [0.25, 0.3) is 0 Å². The maximum Gasteiger partial charge on any atom is 0.221 e. The molecule has 1 amide bonds. The molecule has 1 N–H and O–H groups in total. The summed E-state index contributed by atoms with van der Waals surface area (Å²) in [5.74, 6) is 1.24. The molecule has 112 valence electrons. The normalized spacial score (nSPS) is 12.4. The zero-order chi connectivity index (χ0) is 15.4. The van der Waals surface area contributed by atoms with Crippen LogP contribution < -0.4 is 5.32 Å². The first-order valence-corrected chi connectivity index (χ1v) is 7.31. The molecule has 1 aromatic heterocycles. The number of hydrogen-bond acceptors (Lipinski definition) is 2. The van der Waals surface area contributed by atoms with Crippen molar-refractivity contribution >= 4 is 5.91 Å². The monoisotopic (exact) mass is 285 g/mol. The molecule has 1 unspecified atom stereocenters. The van der Waals surface area contributed by atoms with Crippen LogP contribution in [0.2, 0.25) is 0 Å². The summed E-state index contributed by atoms with van der Waals surface area (Å²) in [4.78, 5) is 16.6. The lowest BCUT2D eigenvalue weighted by Gasteiger charge is -2.21. The number of hydrogen-bond donors (Lipinski definition) is 1. The van der Waals surface area contributed by atoms with Crippen molar-refractivity contribution in [1.82, 2.24) is 14.9 Å². The molecule has 0 radical (unpaired) electrons. The number of aromatic nitrogens is 2. The smallest absolute Gasteiger partial charge is 0.221 e. The summed E-state index contributed by atoms with van der Waals surface area (Å²) >= 11 is 0. The van der Waals surface area contributed by atoms with E-state index < -0.39 is 0 Å². The van der Waals surface area contributed by atoms with Crippen molar-refractivity contribution in [1.29, 1.82) is 0 Å². The summed E-state index contributed by atoms with van der Waals surface area (Å²) in [6.45, 7) is 6.14. The largest absolute Gasteiger partial charge is 0.342 e. The highest BCUT2D eigenvalue weighted by Gasteiger charge is 2.22. The topological polar surface area (TPSA) is 46.9 Å². The molecule has 0 bridgehead atoms. The SMILES string of the molecule is Cc1ccccc1C(NC(=O)CC(C)C)c1nccn1C. The Labute approximate surface area is 126 Å². The summed E-state index contributed by atoms with van der Waals surface area (Å²) in [6, 6.07) is 7.89. The van der Waals surface area contributed by atoms with Crippen LogP contribution in [0, 0.1) is 12.8 Å². The van der Waals surface area contributed by atoms with E-state index in [4.69, 9.17) is 0 Å². The molecule has 0 fully saturated rings. The molecule has 0 aliphatic rings.